The van der Waals surface area contributed by atoms with Crippen LogP contribution in [0.5, 0.6) is 5.75 Å². The molecule has 1 aromatic carbocycles. The molecule has 0 radical (unpaired) electrons. The fourth-order valence-electron chi connectivity index (χ4n) is 1.97. The van der Waals surface area contributed by atoms with Crippen molar-refractivity contribution in [2.45, 2.75) is 13.3 Å². The number of ether oxygens (including phenoxy) is 1. The Bertz CT molecular complexity index is 668. The van der Waals surface area contributed by atoms with E-state index in [4.69, 9.17) is 17.0 Å². The molecule has 0 saturated carbocycles. The molecule has 0 aliphatic heterocycles. The number of anilines is 1. The summed E-state index contributed by atoms with van der Waals surface area (Å²) < 4.78 is 33.0. The summed E-state index contributed by atoms with van der Waals surface area (Å²) in [4.78, 5) is 4.07. The molecular formula is C16H17F2N3OS. The van der Waals surface area contributed by atoms with Gasteiger partial charge in [-0.3, -0.25) is 0 Å². The van der Waals surface area contributed by atoms with Gasteiger partial charge in [-0.1, -0.05) is 6.07 Å². The molecule has 23 heavy (non-hydrogen) atoms. The van der Waals surface area contributed by atoms with E-state index in [2.05, 4.69) is 15.6 Å². The van der Waals surface area contributed by atoms with Crippen molar-refractivity contribution in [3.8, 4) is 5.75 Å². The number of rotatable bonds is 6. The minimum Gasteiger partial charge on any atom is -0.491 e. The summed E-state index contributed by atoms with van der Waals surface area (Å²) in [6.07, 6.45) is 1.78. The van der Waals surface area contributed by atoms with Crippen molar-refractivity contribution in [2.24, 2.45) is 0 Å². The first-order valence-corrected chi connectivity index (χ1v) is 7.58. The maximum Gasteiger partial charge on any atom is 0.171 e. The van der Waals surface area contributed by atoms with Crippen LogP contribution in [0, 0.1) is 11.6 Å². The topological polar surface area (TPSA) is 46.2 Å². The number of aromatic nitrogens is 1. The summed E-state index contributed by atoms with van der Waals surface area (Å²) in [5.41, 5.74) is -0.0240. The number of halogens is 2. The molecular weight excluding hydrogens is 320 g/mol. The third-order valence-corrected chi connectivity index (χ3v) is 3.26. The molecule has 0 spiro atoms. The van der Waals surface area contributed by atoms with Crippen LogP contribution in [-0.4, -0.2) is 23.2 Å². The second kappa shape index (κ2) is 8.38. The highest BCUT2D eigenvalue weighted by atomic mass is 32.1. The minimum atomic E-state index is -0.669. The molecule has 0 unspecified atom stereocenters. The van der Waals surface area contributed by atoms with Crippen LogP contribution in [0.3, 0.4) is 0 Å². The van der Waals surface area contributed by atoms with Crippen LogP contribution in [0.15, 0.2) is 36.5 Å². The average molecular weight is 337 g/mol. The average Bonchev–Trinajstić information content (AvgIpc) is 2.54. The first kappa shape index (κ1) is 17.1. The van der Waals surface area contributed by atoms with Crippen LogP contribution in [0.1, 0.15) is 12.5 Å². The highest BCUT2D eigenvalue weighted by molar-refractivity contribution is 7.80. The molecule has 2 N–H and O–H groups in total. The monoisotopic (exact) mass is 337 g/mol. The first-order chi connectivity index (χ1) is 11.1. The van der Waals surface area contributed by atoms with Gasteiger partial charge in [0.05, 0.1) is 6.61 Å². The van der Waals surface area contributed by atoms with Gasteiger partial charge < -0.3 is 15.4 Å². The number of hydrogen-bond acceptors (Lipinski definition) is 3. The molecule has 0 aliphatic carbocycles. The molecule has 2 aromatic rings. The normalized spacial score (nSPS) is 10.2. The number of benzene rings is 1. The smallest absolute Gasteiger partial charge is 0.171 e. The maximum absolute atomic E-state index is 14.1. The van der Waals surface area contributed by atoms with Gasteiger partial charge in [-0.05, 0) is 49.8 Å². The quantitative estimate of drug-likeness (QED) is 0.792. The Morgan fingerprint density at radius 3 is 2.78 bits per heavy atom. The lowest BCUT2D eigenvalue weighted by molar-refractivity contribution is 0.318. The number of thiocarbonyl (C=S) groups is 1. The van der Waals surface area contributed by atoms with E-state index in [9.17, 15) is 8.78 Å². The van der Waals surface area contributed by atoms with E-state index in [1.807, 2.05) is 6.07 Å². The zero-order chi connectivity index (χ0) is 16.7. The molecule has 0 atom stereocenters. The highest BCUT2D eigenvalue weighted by Crippen LogP contribution is 2.23. The summed E-state index contributed by atoms with van der Waals surface area (Å²) in [5.74, 6) is -0.618. The summed E-state index contributed by atoms with van der Waals surface area (Å²) in [5, 5.41) is 6.12. The van der Waals surface area contributed by atoms with Crippen molar-refractivity contribution < 1.29 is 13.5 Å². The second-order valence-corrected chi connectivity index (χ2v) is 5.03. The standard InChI is InChI=1S/C16H17F2N3OS/c1-2-22-13-7-6-12(17)11(15(13)18)8-10-20-16(23)21-14-5-3-4-9-19-14/h3-7,9H,2,8,10H2,1H3,(H2,19,20,21,23). The predicted octanol–water partition coefficient (Wildman–Crippen LogP) is 3.29. The van der Waals surface area contributed by atoms with Crippen LogP contribution in [0.25, 0.3) is 0 Å². The molecule has 0 aliphatic rings. The van der Waals surface area contributed by atoms with Crippen molar-refractivity contribution in [1.82, 2.24) is 10.3 Å². The first-order valence-electron chi connectivity index (χ1n) is 7.17. The van der Waals surface area contributed by atoms with Crippen LogP contribution < -0.4 is 15.4 Å². The van der Waals surface area contributed by atoms with Crippen LogP contribution in [-0.2, 0) is 6.42 Å². The molecule has 4 nitrogen and oxygen atoms in total. The van der Waals surface area contributed by atoms with Gasteiger partial charge in [0.15, 0.2) is 16.7 Å². The second-order valence-electron chi connectivity index (χ2n) is 4.62. The number of hydrogen-bond donors (Lipinski definition) is 2. The van der Waals surface area contributed by atoms with E-state index >= 15 is 0 Å². The van der Waals surface area contributed by atoms with Crippen molar-refractivity contribution in [2.75, 3.05) is 18.5 Å². The predicted molar refractivity (Wildman–Crippen MR) is 89.7 cm³/mol. The Morgan fingerprint density at radius 1 is 1.26 bits per heavy atom. The van der Waals surface area contributed by atoms with Gasteiger partial charge in [-0.15, -0.1) is 0 Å². The number of pyridine rings is 1. The van der Waals surface area contributed by atoms with Crippen LogP contribution in [0.2, 0.25) is 0 Å². The fourth-order valence-corrected chi connectivity index (χ4v) is 2.18. The van der Waals surface area contributed by atoms with Crippen molar-refractivity contribution in [1.29, 1.82) is 0 Å². The van der Waals surface area contributed by atoms with Crippen molar-refractivity contribution in [3.05, 3.63) is 53.7 Å². The minimum absolute atomic E-state index is 0.0240. The molecule has 0 saturated heterocycles. The summed E-state index contributed by atoms with van der Waals surface area (Å²) in [6, 6.07) is 7.87. The zero-order valence-corrected chi connectivity index (χ0v) is 13.4. The van der Waals surface area contributed by atoms with Crippen molar-refractivity contribution in [3.63, 3.8) is 0 Å². The van der Waals surface area contributed by atoms with E-state index in [1.54, 1.807) is 25.3 Å². The molecule has 0 amide bonds. The number of nitrogens with one attached hydrogen (secondary N) is 2. The fraction of sp³-hybridized carbons (Fsp3) is 0.250. The van der Waals surface area contributed by atoms with Gasteiger partial charge in [-0.25, -0.2) is 13.8 Å². The van der Waals surface area contributed by atoms with Crippen LogP contribution >= 0.6 is 12.2 Å². The van der Waals surface area contributed by atoms with E-state index < -0.39 is 11.6 Å². The molecule has 0 bridgehead atoms. The van der Waals surface area contributed by atoms with Crippen LogP contribution in [0.4, 0.5) is 14.6 Å². The van der Waals surface area contributed by atoms with E-state index in [1.165, 1.54) is 12.1 Å². The lowest BCUT2D eigenvalue weighted by Gasteiger charge is -2.12. The summed E-state index contributed by atoms with van der Waals surface area (Å²) in [6.45, 7) is 2.34. The largest absolute Gasteiger partial charge is 0.491 e. The highest BCUT2D eigenvalue weighted by Gasteiger charge is 2.14. The lowest BCUT2D eigenvalue weighted by Crippen LogP contribution is -2.30. The Kier molecular flexibility index (Phi) is 6.22. The number of nitrogens with zero attached hydrogens (tertiary/aromatic N) is 1. The Hall–Kier alpha value is -2.28. The summed E-state index contributed by atoms with van der Waals surface area (Å²) >= 11 is 5.11. The zero-order valence-electron chi connectivity index (χ0n) is 12.6. The lowest BCUT2D eigenvalue weighted by atomic mass is 10.1. The summed E-state index contributed by atoms with van der Waals surface area (Å²) in [7, 11) is 0. The Balaban J connectivity index is 1.91. The molecule has 1 heterocycles. The SMILES string of the molecule is CCOc1ccc(F)c(CCNC(=S)Nc2ccccn2)c1F. The molecule has 122 valence electrons. The van der Waals surface area contributed by atoms with E-state index in [0.717, 1.165) is 0 Å². The molecule has 7 heteroatoms. The van der Waals surface area contributed by atoms with Gasteiger partial charge in [-0.2, -0.15) is 0 Å². The van der Waals surface area contributed by atoms with Gasteiger partial charge in [0.25, 0.3) is 0 Å². The molecule has 0 fully saturated rings. The van der Waals surface area contributed by atoms with E-state index in [-0.39, 0.29) is 24.3 Å². The third kappa shape index (κ3) is 4.85. The van der Waals surface area contributed by atoms with E-state index in [0.29, 0.717) is 17.5 Å². The van der Waals surface area contributed by atoms with Gasteiger partial charge >= 0.3 is 0 Å². The Labute approximate surface area is 138 Å². The molecule has 1 aromatic heterocycles. The molecule has 2 rings (SSSR count). The van der Waals surface area contributed by atoms with Gasteiger partial charge in [0.1, 0.15) is 11.6 Å². The van der Waals surface area contributed by atoms with Crippen molar-refractivity contribution >= 4 is 23.1 Å². The van der Waals surface area contributed by atoms with Gasteiger partial charge in [0, 0.05) is 18.3 Å². The third-order valence-electron chi connectivity index (χ3n) is 3.02. The van der Waals surface area contributed by atoms with Gasteiger partial charge in [0.2, 0.25) is 0 Å². The Morgan fingerprint density at radius 2 is 2.09 bits per heavy atom. The maximum atomic E-state index is 14.1.